The number of hydrazine groups is 1. The number of nitrogens with one attached hydrogen (secondary N) is 1. The molecule has 0 saturated carbocycles. The summed E-state index contributed by atoms with van der Waals surface area (Å²) in [7, 11) is 0. The van der Waals surface area contributed by atoms with Crippen LogP contribution in [-0.4, -0.2) is 22.5 Å². The van der Waals surface area contributed by atoms with E-state index in [-0.39, 0.29) is 4.99 Å². The number of thiocarbonyl (C=S) groups is 1. The summed E-state index contributed by atoms with van der Waals surface area (Å²) in [6.45, 7) is 1.63. The van der Waals surface area contributed by atoms with Crippen LogP contribution in [0.2, 0.25) is 0 Å². The minimum Gasteiger partial charge on any atom is -0.493 e. The highest BCUT2D eigenvalue weighted by atomic mass is 32.1. The van der Waals surface area contributed by atoms with Crippen molar-refractivity contribution in [2.45, 2.75) is 25.6 Å². The van der Waals surface area contributed by atoms with Gasteiger partial charge in [0.25, 0.3) is 0 Å². The minimum atomic E-state index is -4.64. The lowest BCUT2D eigenvalue weighted by Gasteiger charge is -2.35. The van der Waals surface area contributed by atoms with Gasteiger partial charge in [-0.15, -0.1) is 0 Å². The summed E-state index contributed by atoms with van der Waals surface area (Å²) in [5.41, 5.74) is 1.88. The summed E-state index contributed by atoms with van der Waals surface area (Å²) >= 11 is 5.11. The van der Waals surface area contributed by atoms with Gasteiger partial charge in [-0.25, -0.2) is 9.40 Å². The lowest BCUT2D eigenvalue weighted by Crippen LogP contribution is -2.48. The number of ether oxygens (including phenoxy) is 1. The molecule has 1 unspecified atom stereocenters. The van der Waals surface area contributed by atoms with Crippen LogP contribution in [0.5, 0.6) is 5.75 Å². The van der Waals surface area contributed by atoms with Crippen molar-refractivity contribution in [2.24, 2.45) is 0 Å². The van der Waals surface area contributed by atoms with Crippen molar-refractivity contribution in [2.75, 3.05) is 6.61 Å². The summed E-state index contributed by atoms with van der Waals surface area (Å²) in [5.74, 6) is -0.735. The smallest absolute Gasteiger partial charge is 0.416 e. The first-order valence-corrected chi connectivity index (χ1v) is 8.78. The number of hydrogen-bond acceptors (Lipinski definition) is 3. The Morgan fingerprint density at radius 3 is 2.64 bits per heavy atom. The van der Waals surface area contributed by atoms with E-state index in [1.54, 1.807) is 24.3 Å². The average molecular weight is 412 g/mol. The Morgan fingerprint density at radius 2 is 1.96 bits per heavy atom. The van der Waals surface area contributed by atoms with Crippen molar-refractivity contribution in [3.05, 3.63) is 65.0 Å². The van der Waals surface area contributed by atoms with Crippen LogP contribution in [0.25, 0.3) is 0 Å². The highest BCUT2D eigenvalue weighted by molar-refractivity contribution is 7.80. The SMILES string of the molecule is CC(=O)N(NC(=S)c1cc(C(F)(F)F)ccc1F)C1CCOc2ccccc21. The second-order valence-corrected chi connectivity index (χ2v) is 6.62. The summed E-state index contributed by atoms with van der Waals surface area (Å²) in [6.07, 6.45) is -4.20. The van der Waals surface area contributed by atoms with Gasteiger partial charge in [0.15, 0.2) is 0 Å². The maximum atomic E-state index is 14.1. The predicted octanol–water partition coefficient (Wildman–Crippen LogP) is 4.40. The molecular formula is C19H16F4N2O2S. The average Bonchev–Trinajstić information content (AvgIpc) is 2.64. The fraction of sp³-hybridized carbons (Fsp3) is 0.263. The molecule has 1 N–H and O–H groups in total. The van der Waals surface area contributed by atoms with Gasteiger partial charge in [-0.05, 0) is 24.3 Å². The molecule has 1 heterocycles. The van der Waals surface area contributed by atoms with Gasteiger partial charge in [0.05, 0.1) is 18.2 Å². The summed E-state index contributed by atoms with van der Waals surface area (Å²) < 4.78 is 58.5. The first-order valence-electron chi connectivity index (χ1n) is 8.37. The lowest BCUT2D eigenvalue weighted by molar-refractivity contribution is -0.137. The van der Waals surface area contributed by atoms with Crippen LogP contribution < -0.4 is 10.2 Å². The van der Waals surface area contributed by atoms with E-state index in [0.29, 0.717) is 37.0 Å². The molecule has 0 radical (unpaired) electrons. The van der Waals surface area contributed by atoms with Crippen LogP contribution in [0.4, 0.5) is 17.6 Å². The first-order chi connectivity index (χ1) is 13.2. The Labute approximate surface area is 164 Å². The Balaban J connectivity index is 1.91. The number of para-hydroxylation sites is 1. The van der Waals surface area contributed by atoms with E-state index in [9.17, 15) is 22.4 Å². The van der Waals surface area contributed by atoms with E-state index in [1.807, 2.05) is 0 Å². The van der Waals surface area contributed by atoms with Crippen molar-refractivity contribution in [3.8, 4) is 5.75 Å². The van der Waals surface area contributed by atoms with Gasteiger partial charge in [0.1, 0.15) is 16.6 Å². The third-order valence-electron chi connectivity index (χ3n) is 4.34. The van der Waals surface area contributed by atoms with E-state index in [4.69, 9.17) is 17.0 Å². The standard InChI is InChI=1S/C19H16F4N2O2S/c1-11(26)25(16-8-9-27-17-5-3-2-4-13(16)17)24-18(28)14-10-12(19(21,22)23)6-7-15(14)20/h2-7,10,16H,8-9H2,1H3,(H,24,28). The number of carbonyl (C=O) groups is 1. The maximum absolute atomic E-state index is 14.1. The van der Waals surface area contributed by atoms with Gasteiger partial charge in [-0.3, -0.25) is 10.2 Å². The lowest BCUT2D eigenvalue weighted by atomic mass is 10.00. The molecule has 0 spiro atoms. The van der Waals surface area contributed by atoms with Gasteiger partial charge in [-0.1, -0.05) is 30.4 Å². The molecule has 1 aliphatic heterocycles. The zero-order valence-corrected chi connectivity index (χ0v) is 15.5. The van der Waals surface area contributed by atoms with Gasteiger partial charge in [0, 0.05) is 24.5 Å². The number of carbonyl (C=O) groups excluding carboxylic acids is 1. The van der Waals surface area contributed by atoms with Gasteiger partial charge in [0.2, 0.25) is 5.91 Å². The van der Waals surface area contributed by atoms with Crippen molar-refractivity contribution < 1.29 is 27.1 Å². The monoisotopic (exact) mass is 412 g/mol. The van der Waals surface area contributed by atoms with Crippen LogP contribution in [0, 0.1) is 5.82 Å². The molecule has 28 heavy (non-hydrogen) atoms. The molecule has 0 aromatic heterocycles. The van der Waals surface area contributed by atoms with E-state index >= 15 is 0 Å². The number of alkyl halides is 3. The molecule has 0 bridgehead atoms. The van der Waals surface area contributed by atoms with E-state index in [1.165, 1.54) is 11.9 Å². The van der Waals surface area contributed by atoms with Crippen LogP contribution >= 0.6 is 12.2 Å². The van der Waals surface area contributed by atoms with Crippen molar-refractivity contribution >= 4 is 23.1 Å². The number of benzene rings is 2. The van der Waals surface area contributed by atoms with Crippen LogP contribution in [0.15, 0.2) is 42.5 Å². The number of fused-ring (bicyclic) bond motifs is 1. The van der Waals surface area contributed by atoms with Crippen LogP contribution in [0.3, 0.4) is 0 Å². The molecule has 0 fully saturated rings. The molecule has 1 amide bonds. The molecule has 0 saturated heterocycles. The summed E-state index contributed by atoms with van der Waals surface area (Å²) in [4.78, 5) is 11.9. The number of hydrogen-bond donors (Lipinski definition) is 1. The fourth-order valence-electron chi connectivity index (χ4n) is 3.01. The zero-order valence-electron chi connectivity index (χ0n) is 14.7. The van der Waals surface area contributed by atoms with Crippen molar-refractivity contribution in [1.82, 2.24) is 10.4 Å². The summed E-state index contributed by atoms with van der Waals surface area (Å²) in [5, 5.41) is 1.20. The molecule has 2 aromatic rings. The molecule has 148 valence electrons. The highest BCUT2D eigenvalue weighted by Gasteiger charge is 2.33. The van der Waals surface area contributed by atoms with E-state index in [0.717, 1.165) is 5.56 Å². The van der Waals surface area contributed by atoms with Gasteiger partial charge < -0.3 is 4.74 Å². The van der Waals surface area contributed by atoms with E-state index in [2.05, 4.69) is 5.43 Å². The highest BCUT2D eigenvalue weighted by Crippen LogP contribution is 2.35. The van der Waals surface area contributed by atoms with Gasteiger partial charge in [-0.2, -0.15) is 13.2 Å². The minimum absolute atomic E-state index is 0.317. The topological polar surface area (TPSA) is 41.6 Å². The van der Waals surface area contributed by atoms with E-state index < -0.39 is 35.1 Å². The fourth-order valence-corrected chi connectivity index (χ4v) is 3.27. The number of rotatable bonds is 2. The largest absolute Gasteiger partial charge is 0.493 e. The second-order valence-electron chi connectivity index (χ2n) is 6.21. The molecule has 9 heteroatoms. The first kappa shape index (κ1) is 20.1. The Kier molecular flexibility index (Phi) is 5.55. The second kappa shape index (κ2) is 7.75. The normalized spacial score (nSPS) is 16.0. The Bertz CT molecular complexity index is 917. The number of nitrogens with zero attached hydrogens (tertiary/aromatic N) is 1. The molecule has 1 aliphatic rings. The molecule has 0 aliphatic carbocycles. The molecule has 4 nitrogen and oxygen atoms in total. The Hall–Kier alpha value is -2.68. The zero-order chi connectivity index (χ0) is 20.5. The van der Waals surface area contributed by atoms with Gasteiger partial charge >= 0.3 is 6.18 Å². The molecule has 3 rings (SSSR count). The van der Waals surface area contributed by atoms with Crippen molar-refractivity contribution in [1.29, 1.82) is 0 Å². The predicted molar refractivity (Wildman–Crippen MR) is 98.1 cm³/mol. The summed E-state index contributed by atoms with van der Waals surface area (Å²) in [6, 6.07) is 8.61. The number of halogens is 4. The maximum Gasteiger partial charge on any atom is 0.416 e. The van der Waals surface area contributed by atoms with Crippen LogP contribution in [-0.2, 0) is 11.0 Å². The number of amides is 1. The third-order valence-corrected chi connectivity index (χ3v) is 4.65. The molecular weight excluding hydrogens is 396 g/mol. The van der Waals surface area contributed by atoms with Crippen LogP contribution in [0.1, 0.15) is 36.1 Å². The Morgan fingerprint density at radius 1 is 1.25 bits per heavy atom. The quantitative estimate of drug-likeness (QED) is 0.451. The van der Waals surface area contributed by atoms with Crippen molar-refractivity contribution in [3.63, 3.8) is 0 Å². The molecule has 2 aromatic carbocycles. The molecule has 1 atom stereocenters. The third kappa shape index (κ3) is 4.09.